The Kier molecular flexibility index (Phi) is 3.14. The number of imide groups is 2. The van der Waals surface area contributed by atoms with Crippen molar-refractivity contribution < 1.29 is 14.4 Å². The summed E-state index contributed by atoms with van der Waals surface area (Å²) in [6.45, 7) is 3.00. The van der Waals surface area contributed by atoms with E-state index in [9.17, 15) is 14.4 Å². The molecule has 1 aliphatic heterocycles. The van der Waals surface area contributed by atoms with Crippen LogP contribution in [-0.4, -0.2) is 17.8 Å². The molecule has 5 nitrogen and oxygen atoms in total. The highest BCUT2D eigenvalue weighted by molar-refractivity contribution is 14.1. The van der Waals surface area contributed by atoms with Crippen LogP contribution in [0.4, 0.5) is 10.5 Å². The second kappa shape index (κ2) is 4.34. The van der Waals surface area contributed by atoms with E-state index in [0.29, 0.717) is 5.69 Å². The van der Waals surface area contributed by atoms with Crippen molar-refractivity contribution in [1.82, 2.24) is 5.32 Å². The summed E-state index contributed by atoms with van der Waals surface area (Å²) in [5.41, 5.74) is -0.778. The fourth-order valence-corrected chi connectivity index (χ4v) is 2.15. The normalized spacial score (nSPS) is 18.8. The second-order valence-electron chi connectivity index (χ2n) is 4.50. The number of hydrogen-bond donors (Lipinski definition) is 1. The Balaban J connectivity index is 2.47. The molecule has 0 spiro atoms. The van der Waals surface area contributed by atoms with Gasteiger partial charge in [-0.15, -0.1) is 0 Å². The molecule has 0 bridgehead atoms. The number of nitrogens with zero attached hydrogens (tertiary/aromatic N) is 1. The standard InChI is InChI=1S/C12H11IN2O3/c1-12(2)9(16)14-11(18)15(10(12)17)8-5-3-4-7(13)6-8/h3-6H,1-2H3,(H,14,16,18). The van der Waals surface area contributed by atoms with E-state index in [1.165, 1.54) is 13.8 Å². The summed E-state index contributed by atoms with van der Waals surface area (Å²) in [5, 5.41) is 2.19. The summed E-state index contributed by atoms with van der Waals surface area (Å²) in [4.78, 5) is 36.6. The van der Waals surface area contributed by atoms with Gasteiger partial charge in [0.05, 0.1) is 5.69 Å². The number of urea groups is 1. The van der Waals surface area contributed by atoms with Gasteiger partial charge < -0.3 is 0 Å². The summed E-state index contributed by atoms with van der Waals surface area (Å²) < 4.78 is 0.903. The number of rotatable bonds is 1. The molecule has 1 fully saturated rings. The molecule has 1 N–H and O–H groups in total. The molecular formula is C12H11IN2O3. The predicted octanol–water partition coefficient (Wildman–Crippen LogP) is 1.90. The van der Waals surface area contributed by atoms with Crippen molar-refractivity contribution in [2.75, 3.05) is 4.90 Å². The molecule has 18 heavy (non-hydrogen) atoms. The maximum atomic E-state index is 12.2. The van der Waals surface area contributed by atoms with Crippen LogP contribution in [0.5, 0.6) is 0 Å². The number of hydrogen-bond acceptors (Lipinski definition) is 3. The lowest BCUT2D eigenvalue weighted by Gasteiger charge is -2.34. The van der Waals surface area contributed by atoms with E-state index in [1.807, 2.05) is 6.07 Å². The molecule has 0 radical (unpaired) electrons. The molecule has 1 heterocycles. The molecule has 0 atom stereocenters. The number of amides is 4. The van der Waals surface area contributed by atoms with E-state index in [4.69, 9.17) is 0 Å². The second-order valence-corrected chi connectivity index (χ2v) is 5.75. The predicted molar refractivity (Wildman–Crippen MR) is 74.0 cm³/mol. The van der Waals surface area contributed by atoms with Crippen molar-refractivity contribution in [3.63, 3.8) is 0 Å². The first-order valence-electron chi connectivity index (χ1n) is 5.29. The molecular weight excluding hydrogens is 347 g/mol. The first-order chi connectivity index (χ1) is 8.34. The molecule has 0 aromatic heterocycles. The van der Waals surface area contributed by atoms with E-state index in [-0.39, 0.29) is 0 Å². The van der Waals surface area contributed by atoms with Crippen molar-refractivity contribution in [2.45, 2.75) is 13.8 Å². The van der Waals surface area contributed by atoms with Gasteiger partial charge in [0.2, 0.25) is 11.8 Å². The zero-order valence-corrected chi connectivity index (χ0v) is 12.0. The van der Waals surface area contributed by atoms with Gasteiger partial charge in [0.1, 0.15) is 5.41 Å². The van der Waals surface area contributed by atoms with E-state index in [2.05, 4.69) is 27.9 Å². The maximum absolute atomic E-state index is 12.2. The lowest BCUT2D eigenvalue weighted by Crippen LogP contribution is -2.62. The lowest BCUT2D eigenvalue weighted by molar-refractivity contribution is -0.140. The lowest BCUT2D eigenvalue weighted by atomic mass is 9.88. The van der Waals surface area contributed by atoms with E-state index in [0.717, 1.165) is 8.47 Å². The highest BCUT2D eigenvalue weighted by Crippen LogP contribution is 2.28. The van der Waals surface area contributed by atoms with Crippen LogP contribution in [0.3, 0.4) is 0 Å². The number of benzene rings is 1. The molecule has 2 rings (SSSR count). The van der Waals surface area contributed by atoms with Crippen LogP contribution >= 0.6 is 22.6 Å². The summed E-state index contributed by atoms with van der Waals surface area (Å²) >= 11 is 2.09. The topological polar surface area (TPSA) is 66.5 Å². The minimum Gasteiger partial charge on any atom is -0.276 e. The van der Waals surface area contributed by atoms with Gasteiger partial charge in [-0.1, -0.05) is 6.07 Å². The summed E-state index contributed by atoms with van der Waals surface area (Å²) in [5.74, 6) is -1.09. The van der Waals surface area contributed by atoms with Crippen LogP contribution in [-0.2, 0) is 9.59 Å². The first-order valence-corrected chi connectivity index (χ1v) is 6.37. The zero-order valence-electron chi connectivity index (χ0n) is 9.86. The number of halogens is 1. The monoisotopic (exact) mass is 358 g/mol. The number of barbiturate groups is 1. The molecule has 1 aromatic rings. The average Bonchev–Trinajstić information content (AvgIpc) is 2.27. The number of anilines is 1. The quantitative estimate of drug-likeness (QED) is 0.616. The van der Waals surface area contributed by atoms with Gasteiger partial charge in [0.25, 0.3) is 0 Å². The SMILES string of the molecule is CC1(C)C(=O)NC(=O)N(c2cccc(I)c2)C1=O. The van der Waals surface area contributed by atoms with Gasteiger partial charge in [-0.25, -0.2) is 9.69 Å². The van der Waals surface area contributed by atoms with E-state index >= 15 is 0 Å². The average molecular weight is 358 g/mol. The van der Waals surface area contributed by atoms with Gasteiger partial charge >= 0.3 is 6.03 Å². The molecule has 0 aliphatic carbocycles. The number of nitrogens with one attached hydrogen (secondary N) is 1. The van der Waals surface area contributed by atoms with E-state index in [1.54, 1.807) is 18.2 Å². The highest BCUT2D eigenvalue weighted by atomic mass is 127. The highest BCUT2D eigenvalue weighted by Gasteiger charge is 2.47. The summed E-state index contributed by atoms with van der Waals surface area (Å²) in [6, 6.07) is 6.27. The van der Waals surface area contributed by atoms with Gasteiger partial charge in [-0.05, 0) is 54.6 Å². The molecule has 1 aliphatic rings. The minimum absolute atomic E-state index is 0.463. The van der Waals surface area contributed by atoms with Crippen LogP contribution < -0.4 is 10.2 Å². The molecule has 0 unspecified atom stereocenters. The van der Waals surface area contributed by atoms with Crippen LogP contribution in [0.1, 0.15) is 13.8 Å². The number of carbonyl (C=O) groups is 3. The number of carbonyl (C=O) groups excluding carboxylic acids is 3. The van der Waals surface area contributed by atoms with Crippen LogP contribution in [0.25, 0.3) is 0 Å². The molecule has 0 saturated carbocycles. The third-order valence-corrected chi connectivity index (χ3v) is 3.47. The molecule has 1 aromatic carbocycles. The maximum Gasteiger partial charge on any atom is 0.335 e. The summed E-state index contributed by atoms with van der Waals surface area (Å²) in [6.07, 6.45) is 0. The zero-order chi connectivity index (χ0) is 13.5. The largest absolute Gasteiger partial charge is 0.335 e. The molecule has 4 amide bonds. The minimum atomic E-state index is -1.24. The van der Waals surface area contributed by atoms with Crippen LogP contribution in [0, 0.1) is 8.99 Å². The van der Waals surface area contributed by atoms with Crippen molar-refractivity contribution >= 4 is 46.1 Å². The Morgan fingerprint density at radius 2 is 1.89 bits per heavy atom. The van der Waals surface area contributed by atoms with Crippen LogP contribution in [0.2, 0.25) is 0 Å². The molecule has 1 saturated heterocycles. The Bertz CT molecular complexity index is 554. The third-order valence-electron chi connectivity index (χ3n) is 2.80. The van der Waals surface area contributed by atoms with Gasteiger partial charge in [0, 0.05) is 3.57 Å². The van der Waals surface area contributed by atoms with E-state index < -0.39 is 23.3 Å². The molecule has 94 valence electrons. The van der Waals surface area contributed by atoms with Gasteiger partial charge in [-0.3, -0.25) is 14.9 Å². The Morgan fingerprint density at radius 3 is 2.50 bits per heavy atom. The smallest absolute Gasteiger partial charge is 0.276 e. The van der Waals surface area contributed by atoms with Crippen molar-refractivity contribution in [3.05, 3.63) is 27.8 Å². The van der Waals surface area contributed by atoms with Crippen molar-refractivity contribution in [2.24, 2.45) is 5.41 Å². The first kappa shape index (κ1) is 13.0. The fourth-order valence-electron chi connectivity index (χ4n) is 1.63. The Hall–Kier alpha value is -1.44. The van der Waals surface area contributed by atoms with Crippen molar-refractivity contribution in [3.8, 4) is 0 Å². The summed E-state index contributed by atoms with van der Waals surface area (Å²) in [7, 11) is 0. The Labute approximate surface area is 118 Å². The van der Waals surface area contributed by atoms with Crippen molar-refractivity contribution in [1.29, 1.82) is 0 Å². The van der Waals surface area contributed by atoms with Gasteiger partial charge in [-0.2, -0.15) is 0 Å². The Morgan fingerprint density at radius 1 is 1.22 bits per heavy atom. The fraction of sp³-hybridized carbons (Fsp3) is 0.250. The molecule has 6 heteroatoms. The van der Waals surface area contributed by atoms with Gasteiger partial charge in [0.15, 0.2) is 0 Å². The third kappa shape index (κ3) is 2.00. The van der Waals surface area contributed by atoms with Crippen LogP contribution in [0.15, 0.2) is 24.3 Å².